The van der Waals surface area contributed by atoms with E-state index in [2.05, 4.69) is 10.4 Å². The van der Waals surface area contributed by atoms with Crippen LogP contribution in [0.25, 0.3) is 5.69 Å². The summed E-state index contributed by atoms with van der Waals surface area (Å²) in [5.74, 6) is -0.557. The van der Waals surface area contributed by atoms with E-state index in [4.69, 9.17) is 4.74 Å². The fourth-order valence-electron chi connectivity index (χ4n) is 3.43. The van der Waals surface area contributed by atoms with Gasteiger partial charge in [0.05, 0.1) is 29.2 Å². The SMILES string of the molecule is CCOC(=O)c1cc(C)n(CC(=O)Nc2ccccc2-n2nc(C)cc2C)c1C. The largest absolute Gasteiger partial charge is 0.462 e. The number of nitrogens with one attached hydrogen (secondary N) is 1. The van der Waals surface area contributed by atoms with Crippen LogP contribution >= 0.6 is 0 Å². The van der Waals surface area contributed by atoms with Gasteiger partial charge in [-0.2, -0.15) is 5.10 Å². The molecule has 0 aliphatic carbocycles. The molecule has 2 aromatic heterocycles. The number of amides is 1. The van der Waals surface area contributed by atoms with Crippen LogP contribution in [0.5, 0.6) is 0 Å². The topological polar surface area (TPSA) is 78.1 Å². The van der Waals surface area contributed by atoms with E-state index in [1.807, 2.05) is 67.3 Å². The molecule has 1 N–H and O–H groups in total. The van der Waals surface area contributed by atoms with Crippen LogP contribution in [0.2, 0.25) is 0 Å². The summed E-state index contributed by atoms with van der Waals surface area (Å²) in [6, 6.07) is 11.3. The van der Waals surface area contributed by atoms with E-state index < -0.39 is 0 Å². The van der Waals surface area contributed by atoms with Crippen LogP contribution in [-0.4, -0.2) is 32.8 Å². The summed E-state index contributed by atoms with van der Waals surface area (Å²) in [6.07, 6.45) is 0. The van der Waals surface area contributed by atoms with Gasteiger partial charge in [-0.1, -0.05) is 12.1 Å². The minimum absolute atomic E-state index is 0.0997. The van der Waals surface area contributed by atoms with Crippen molar-refractivity contribution in [3.63, 3.8) is 0 Å². The van der Waals surface area contributed by atoms with Crippen molar-refractivity contribution in [2.45, 2.75) is 41.2 Å². The summed E-state index contributed by atoms with van der Waals surface area (Å²) in [5, 5.41) is 7.48. The average molecular weight is 394 g/mol. The van der Waals surface area contributed by atoms with Crippen molar-refractivity contribution >= 4 is 17.6 Å². The van der Waals surface area contributed by atoms with E-state index in [-0.39, 0.29) is 18.4 Å². The van der Waals surface area contributed by atoms with Gasteiger partial charge in [-0.3, -0.25) is 4.79 Å². The van der Waals surface area contributed by atoms with Crippen molar-refractivity contribution in [1.82, 2.24) is 14.3 Å². The van der Waals surface area contributed by atoms with Crippen LogP contribution < -0.4 is 5.32 Å². The molecule has 0 radical (unpaired) electrons. The van der Waals surface area contributed by atoms with Crippen molar-refractivity contribution < 1.29 is 14.3 Å². The predicted molar refractivity (Wildman–Crippen MR) is 112 cm³/mol. The molecule has 1 aromatic carbocycles. The molecular formula is C22H26N4O3. The lowest BCUT2D eigenvalue weighted by Crippen LogP contribution is -2.21. The van der Waals surface area contributed by atoms with Gasteiger partial charge in [-0.25, -0.2) is 9.48 Å². The quantitative estimate of drug-likeness (QED) is 0.646. The molecule has 0 saturated carbocycles. The van der Waals surface area contributed by atoms with Gasteiger partial charge < -0.3 is 14.6 Å². The number of ether oxygens (including phenoxy) is 1. The fourth-order valence-corrected chi connectivity index (χ4v) is 3.43. The van der Waals surface area contributed by atoms with Crippen LogP contribution in [0.1, 0.15) is 40.1 Å². The first-order valence-corrected chi connectivity index (χ1v) is 9.58. The fraction of sp³-hybridized carbons (Fsp3) is 0.318. The molecule has 0 unspecified atom stereocenters. The second-order valence-corrected chi connectivity index (χ2v) is 7.00. The van der Waals surface area contributed by atoms with Crippen molar-refractivity contribution in [3.05, 3.63) is 64.7 Å². The highest BCUT2D eigenvalue weighted by molar-refractivity contribution is 5.94. The van der Waals surface area contributed by atoms with Crippen LogP contribution in [0.3, 0.4) is 0 Å². The normalized spacial score (nSPS) is 10.8. The number of hydrogen-bond acceptors (Lipinski definition) is 4. The molecule has 2 heterocycles. The summed E-state index contributed by atoms with van der Waals surface area (Å²) >= 11 is 0. The molecule has 3 rings (SSSR count). The number of nitrogens with zero attached hydrogens (tertiary/aromatic N) is 3. The maximum absolute atomic E-state index is 12.8. The van der Waals surface area contributed by atoms with Crippen molar-refractivity contribution in [1.29, 1.82) is 0 Å². The number of rotatable bonds is 6. The third-order valence-corrected chi connectivity index (χ3v) is 4.79. The number of aromatic nitrogens is 3. The van der Waals surface area contributed by atoms with Gasteiger partial charge in [0.1, 0.15) is 6.54 Å². The summed E-state index contributed by atoms with van der Waals surface area (Å²) in [7, 11) is 0. The third kappa shape index (κ3) is 4.23. The predicted octanol–water partition coefficient (Wildman–Crippen LogP) is 3.72. The average Bonchev–Trinajstić information content (AvgIpc) is 3.15. The minimum atomic E-state index is -0.373. The lowest BCUT2D eigenvalue weighted by atomic mass is 10.2. The van der Waals surface area contributed by atoms with Crippen LogP contribution in [0, 0.1) is 27.7 Å². The molecule has 0 atom stereocenters. The zero-order valence-corrected chi connectivity index (χ0v) is 17.4. The highest BCUT2D eigenvalue weighted by Crippen LogP contribution is 2.22. The Morgan fingerprint density at radius 2 is 1.79 bits per heavy atom. The van der Waals surface area contributed by atoms with Gasteiger partial charge in [0.25, 0.3) is 0 Å². The van der Waals surface area contributed by atoms with Crippen LogP contribution in [0.15, 0.2) is 36.4 Å². The second kappa shape index (κ2) is 8.34. The number of para-hydroxylation sites is 2. The highest BCUT2D eigenvalue weighted by atomic mass is 16.5. The van der Waals surface area contributed by atoms with Crippen molar-refractivity contribution in [2.75, 3.05) is 11.9 Å². The minimum Gasteiger partial charge on any atom is -0.462 e. The Kier molecular flexibility index (Phi) is 5.87. The first-order chi connectivity index (χ1) is 13.8. The molecule has 7 nitrogen and oxygen atoms in total. The van der Waals surface area contributed by atoms with Crippen LogP contribution in [-0.2, 0) is 16.1 Å². The van der Waals surface area contributed by atoms with Gasteiger partial charge in [-0.15, -0.1) is 0 Å². The summed E-state index contributed by atoms with van der Waals surface area (Å²) < 4.78 is 8.72. The molecule has 152 valence electrons. The maximum atomic E-state index is 12.8. The van der Waals surface area contributed by atoms with Gasteiger partial charge in [0.2, 0.25) is 5.91 Å². The van der Waals surface area contributed by atoms with Gasteiger partial charge in [0, 0.05) is 17.1 Å². The van der Waals surface area contributed by atoms with Crippen molar-refractivity contribution in [2.24, 2.45) is 0 Å². The Morgan fingerprint density at radius 1 is 1.07 bits per heavy atom. The van der Waals surface area contributed by atoms with Crippen molar-refractivity contribution in [3.8, 4) is 5.69 Å². The number of esters is 1. The Morgan fingerprint density at radius 3 is 2.45 bits per heavy atom. The van der Waals surface area contributed by atoms with E-state index in [0.717, 1.165) is 22.8 Å². The lowest BCUT2D eigenvalue weighted by molar-refractivity contribution is -0.116. The number of anilines is 1. The first-order valence-electron chi connectivity index (χ1n) is 9.58. The Hall–Kier alpha value is -3.35. The number of hydrogen-bond donors (Lipinski definition) is 1. The highest BCUT2D eigenvalue weighted by Gasteiger charge is 2.19. The molecule has 0 fully saturated rings. The second-order valence-electron chi connectivity index (χ2n) is 7.00. The van der Waals surface area contributed by atoms with E-state index >= 15 is 0 Å². The molecular weight excluding hydrogens is 368 g/mol. The number of aryl methyl sites for hydroxylation is 3. The molecule has 1 amide bonds. The smallest absolute Gasteiger partial charge is 0.339 e. The zero-order valence-electron chi connectivity index (χ0n) is 17.4. The van der Waals surface area contributed by atoms with Gasteiger partial charge >= 0.3 is 5.97 Å². The molecule has 0 bridgehead atoms. The molecule has 0 saturated heterocycles. The third-order valence-electron chi connectivity index (χ3n) is 4.79. The standard InChI is InChI=1S/C22H26N4O3/c1-6-29-22(28)18-12-15(3)25(17(18)5)13-21(27)23-19-9-7-8-10-20(19)26-16(4)11-14(2)24-26/h7-12H,6,13H2,1-5H3,(H,23,27). The Labute approximate surface area is 170 Å². The van der Waals surface area contributed by atoms with Crippen LogP contribution in [0.4, 0.5) is 5.69 Å². The molecule has 0 spiro atoms. The summed E-state index contributed by atoms with van der Waals surface area (Å²) in [5.41, 5.74) is 5.40. The molecule has 0 aliphatic rings. The van der Waals surface area contributed by atoms with Gasteiger partial charge in [0.15, 0.2) is 0 Å². The first kappa shape index (κ1) is 20.4. The maximum Gasteiger partial charge on any atom is 0.339 e. The number of carbonyl (C=O) groups excluding carboxylic acids is 2. The van der Waals surface area contributed by atoms with E-state index in [0.29, 0.717) is 23.6 Å². The van der Waals surface area contributed by atoms with Gasteiger partial charge in [-0.05, 0) is 58.9 Å². The zero-order chi connectivity index (χ0) is 21.1. The summed E-state index contributed by atoms with van der Waals surface area (Å²) in [4.78, 5) is 24.9. The van der Waals surface area contributed by atoms with E-state index in [9.17, 15) is 9.59 Å². The molecule has 3 aromatic rings. The van der Waals surface area contributed by atoms with E-state index in [1.54, 1.807) is 13.0 Å². The van der Waals surface area contributed by atoms with E-state index in [1.165, 1.54) is 0 Å². The number of benzene rings is 1. The lowest BCUT2D eigenvalue weighted by Gasteiger charge is -2.14. The summed E-state index contributed by atoms with van der Waals surface area (Å²) in [6.45, 7) is 9.77. The monoisotopic (exact) mass is 394 g/mol. The number of carbonyl (C=O) groups is 2. The Balaban J connectivity index is 1.83. The molecule has 0 aliphatic heterocycles. The Bertz CT molecular complexity index is 1060. The molecule has 29 heavy (non-hydrogen) atoms. The molecule has 7 heteroatoms.